The monoisotopic (exact) mass is 278 g/mol. The first-order chi connectivity index (χ1) is 9.27. The second kappa shape index (κ2) is 6.64. The zero-order valence-corrected chi connectivity index (χ0v) is 13.1. The summed E-state index contributed by atoms with van der Waals surface area (Å²) in [4.78, 5) is 0. The van der Waals surface area contributed by atoms with Crippen molar-refractivity contribution in [2.24, 2.45) is 16.3 Å². The molecular weight excluding hydrogens is 252 g/mol. The largest absolute Gasteiger partial charge is 0.493 e. The van der Waals surface area contributed by atoms with Crippen LogP contribution in [0.4, 0.5) is 0 Å². The van der Waals surface area contributed by atoms with E-state index in [4.69, 9.17) is 15.7 Å². The predicted octanol–water partition coefficient (Wildman–Crippen LogP) is 3.66. The van der Waals surface area contributed by atoms with Crippen molar-refractivity contribution in [3.05, 3.63) is 29.3 Å². The molecule has 3 N–H and O–H groups in total. The first-order valence-electron chi connectivity index (χ1n) is 6.99. The van der Waals surface area contributed by atoms with E-state index in [0.717, 1.165) is 11.3 Å². The second-order valence-corrected chi connectivity index (χ2v) is 6.15. The van der Waals surface area contributed by atoms with Gasteiger partial charge in [-0.05, 0) is 36.5 Å². The van der Waals surface area contributed by atoms with E-state index in [1.165, 1.54) is 5.56 Å². The molecule has 4 nitrogen and oxygen atoms in total. The molecule has 0 aliphatic heterocycles. The van der Waals surface area contributed by atoms with E-state index < -0.39 is 0 Å². The molecule has 1 aromatic carbocycles. The summed E-state index contributed by atoms with van der Waals surface area (Å²) in [6.07, 6.45) is 0.689. The van der Waals surface area contributed by atoms with E-state index in [2.05, 4.69) is 37.2 Å². The predicted molar refractivity (Wildman–Crippen MR) is 82.6 cm³/mol. The van der Waals surface area contributed by atoms with Crippen LogP contribution >= 0.6 is 0 Å². The molecule has 1 aromatic rings. The van der Waals surface area contributed by atoms with Gasteiger partial charge in [0.2, 0.25) is 0 Å². The first-order valence-corrected chi connectivity index (χ1v) is 6.99. The van der Waals surface area contributed by atoms with E-state index >= 15 is 0 Å². The lowest BCUT2D eigenvalue weighted by atomic mass is 9.88. The van der Waals surface area contributed by atoms with Gasteiger partial charge in [-0.3, -0.25) is 0 Å². The molecule has 0 saturated carbocycles. The molecule has 112 valence electrons. The highest BCUT2D eigenvalue weighted by Gasteiger charge is 2.23. The Hall–Kier alpha value is -1.71. The molecule has 1 rings (SSSR count). The molecule has 0 fully saturated rings. The van der Waals surface area contributed by atoms with E-state index in [0.29, 0.717) is 18.9 Å². The highest BCUT2D eigenvalue weighted by Crippen LogP contribution is 2.26. The zero-order valence-electron chi connectivity index (χ0n) is 13.1. The van der Waals surface area contributed by atoms with Crippen LogP contribution in [0, 0.1) is 12.3 Å². The molecule has 0 atom stereocenters. The Labute approximate surface area is 121 Å². The highest BCUT2D eigenvalue weighted by molar-refractivity contribution is 5.85. The van der Waals surface area contributed by atoms with Gasteiger partial charge in [0.05, 0.1) is 6.61 Å². The number of hydrogen-bond donors (Lipinski definition) is 2. The summed E-state index contributed by atoms with van der Waals surface area (Å²) < 4.78 is 5.87. The third kappa shape index (κ3) is 4.15. The van der Waals surface area contributed by atoms with E-state index in [-0.39, 0.29) is 11.3 Å². The van der Waals surface area contributed by atoms with Gasteiger partial charge in [0.1, 0.15) is 11.6 Å². The molecule has 0 radical (unpaired) electrons. The Bertz CT molecular complexity index is 479. The minimum Gasteiger partial charge on any atom is -0.493 e. The van der Waals surface area contributed by atoms with Gasteiger partial charge in [-0.1, -0.05) is 45.0 Å². The van der Waals surface area contributed by atoms with Crippen molar-refractivity contribution in [1.29, 1.82) is 0 Å². The summed E-state index contributed by atoms with van der Waals surface area (Å²) in [5, 5.41) is 11.8. The van der Waals surface area contributed by atoms with Gasteiger partial charge >= 0.3 is 0 Å². The SMILES string of the molecule is Cc1ccc(C(C)C)cc1OCCC(C)(C)C(N)=NO. The standard InChI is InChI=1S/C16H26N2O2/c1-11(2)13-7-6-12(3)14(10-13)20-9-8-16(4,5)15(17)18-19/h6-7,10-11,19H,8-9H2,1-5H3,(H2,17,18). The fourth-order valence-electron chi connectivity index (χ4n) is 1.81. The van der Waals surface area contributed by atoms with Crippen molar-refractivity contribution < 1.29 is 9.94 Å². The average molecular weight is 278 g/mol. The van der Waals surface area contributed by atoms with Gasteiger partial charge in [0, 0.05) is 5.41 Å². The van der Waals surface area contributed by atoms with Crippen molar-refractivity contribution in [2.75, 3.05) is 6.61 Å². The molecule has 0 bridgehead atoms. The van der Waals surface area contributed by atoms with Gasteiger partial charge in [-0.2, -0.15) is 0 Å². The molecule has 0 heterocycles. The van der Waals surface area contributed by atoms with Gasteiger partial charge in [-0.15, -0.1) is 0 Å². The van der Waals surface area contributed by atoms with Crippen LogP contribution in [0.1, 0.15) is 51.2 Å². The Balaban J connectivity index is 2.69. The van der Waals surface area contributed by atoms with Crippen LogP contribution in [0.2, 0.25) is 0 Å². The van der Waals surface area contributed by atoms with Crippen LogP contribution in [-0.2, 0) is 0 Å². The molecular formula is C16H26N2O2. The summed E-state index contributed by atoms with van der Waals surface area (Å²) in [5.41, 5.74) is 7.68. The van der Waals surface area contributed by atoms with E-state index in [9.17, 15) is 0 Å². The number of benzene rings is 1. The van der Waals surface area contributed by atoms with E-state index in [1.54, 1.807) is 0 Å². The minimum absolute atomic E-state index is 0.230. The fourth-order valence-corrected chi connectivity index (χ4v) is 1.81. The number of hydrogen-bond acceptors (Lipinski definition) is 3. The summed E-state index contributed by atoms with van der Waals surface area (Å²) >= 11 is 0. The lowest BCUT2D eigenvalue weighted by Crippen LogP contribution is -2.33. The Morgan fingerprint density at radius 3 is 2.60 bits per heavy atom. The summed E-state index contributed by atoms with van der Waals surface area (Å²) in [6.45, 7) is 10.8. The van der Waals surface area contributed by atoms with Gasteiger partial charge < -0.3 is 15.7 Å². The van der Waals surface area contributed by atoms with Crippen molar-refractivity contribution in [2.45, 2.75) is 47.0 Å². The maximum Gasteiger partial charge on any atom is 0.144 e. The third-order valence-corrected chi connectivity index (χ3v) is 3.66. The maximum absolute atomic E-state index is 8.75. The molecule has 0 aliphatic carbocycles. The van der Waals surface area contributed by atoms with Crippen LogP contribution in [0.3, 0.4) is 0 Å². The third-order valence-electron chi connectivity index (χ3n) is 3.66. The number of nitrogens with zero attached hydrogens (tertiary/aromatic N) is 1. The Morgan fingerprint density at radius 2 is 2.05 bits per heavy atom. The zero-order chi connectivity index (χ0) is 15.3. The average Bonchev–Trinajstić information content (AvgIpc) is 2.39. The molecule has 0 unspecified atom stereocenters. The lowest BCUT2D eigenvalue weighted by molar-refractivity contribution is 0.258. The lowest BCUT2D eigenvalue weighted by Gasteiger charge is -2.23. The van der Waals surface area contributed by atoms with Gasteiger partial charge in [-0.25, -0.2) is 0 Å². The number of nitrogens with two attached hydrogens (primary N) is 1. The molecule has 0 aliphatic rings. The van der Waals surface area contributed by atoms with Crippen LogP contribution in [0.15, 0.2) is 23.4 Å². The molecule has 20 heavy (non-hydrogen) atoms. The molecule has 0 saturated heterocycles. The number of rotatable bonds is 6. The summed E-state index contributed by atoms with van der Waals surface area (Å²) in [7, 11) is 0. The van der Waals surface area contributed by atoms with Gasteiger partial charge in [0.15, 0.2) is 0 Å². The Kier molecular flexibility index (Phi) is 5.43. The maximum atomic E-state index is 8.75. The fraction of sp³-hybridized carbons (Fsp3) is 0.562. The molecule has 4 heteroatoms. The summed E-state index contributed by atoms with van der Waals surface area (Å²) in [5.74, 6) is 1.62. The van der Waals surface area contributed by atoms with E-state index in [1.807, 2.05) is 20.8 Å². The summed E-state index contributed by atoms with van der Waals surface area (Å²) in [6, 6.07) is 6.31. The van der Waals surface area contributed by atoms with Crippen LogP contribution in [0.5, 0.6) is 5.75 Å². The van der Waals surface area contributed by atoms with Crippen LogP contribution < -0.4 is 10.5 Å². The van der Waals surface area contributed by atoms with Crippen molar-refractivity contribution in [3.63, 3.8) is 0 Å². The number of oxime groups is 1. The molecule has 0 amide bonds. The number of amidine groups is 1. The number of aryl methyl sites for hydroxylation is 1. The van der Waals surface area contributed by atoms with Crippen LogP contribution in [0.25, 0.3) is 0 Å². The minimum atomic E-state index is -0.377. The molecule has 0 spiro atoms. The van der Waals surface area contributed by atoms with Gasteiger partial charge in [0.25, 0.3) is 0 Å². The smallest absolute Gasteiger partial charge is 0.144 e. The van der Waals surface area contributed by atoms with Crippen molar-refractivity contribution in [3.8, 4) is 5.75 Å². The number of ether oxygens (including phenoxy) is 1. The van der Waals surface area contributed by atoms with Crippen molar-refractivity contribution in [1.82, 2.24) is 0 Å². The van der Waals surface area contributed by atoms with Crippen LogP contribution in [-0.4, -0.2) is 17.6 Å². The normalized spacial score (nSPS) is 12.8. The molecule has 0 aromatic heterocycles. The second-order valence-electron chi connectivity index (χ2n) is 6.15. The first kappa shape index (κ1) is 16.3. The quantitative estimate of drug-likeness (QED) is 0.361. The Morgan fingerprint density at radius 1 is 1.40 bits per heavy atom. The topological polar surface area (TPSA) is 67.8 Å². The van der Waals surface area contributed by atoms with Crippen molar-refractivity contribution >= 4 is 5.84 Å². The highest BCUT2D eigenvalue weighted by atomic mass is 16.5.